The van der Waals surface area contributed by atoms with Crippen molar-refractivity contribution >= 4 is 12.0 Å². The van der Waals surface area contributed by atoms with Gasteiger partial charge in [-0.2, -0.15) is 0 Å². The maximum absolute atomic E-state index is 12.1. The summed E-state index contributed by atoms with van der Waals surface area (Å²) in [6.45, 7) is 11.0. The minimum atomic E-state index is -0.964. The molecule has 6 nitrogen and oxygen atoms in total. The van der Waals surface area contributed by atoms with Crippen molar-refractivity contribution in [3.05, 3.63) is 0 Å². The van der Waals surface area contributed by atoms with Crippen LogP contribution >= 0.6 is 0 Å². The van der Waals surface area contributed by atoms with Gasteiger partial charge in [0.2, 0.25) is 0 Å². The van der Waals surface area contributed by atoms with E-state index in [9.17, 15) is 14.7 Å². The summed E-state index contributed by atoms with van der Waals surface area (Å²) in [7, 11) is 0. The smallest absolute Gasteiger partial charge is 0.326 e. The summed E-state index contributed by atoms with van der Waals surface area (Å²) in [6, 6.07) is -0.594. The zero-order valence-electron chi connectivity index (χ0n) is 12.9. The van der Waals surface area contributed by atoms with Crippen LogP contribution in [-0.4, -0.2) is 65.2 Å². The molecule has 1 saturated heterocycles. The summed E-state index contributed by atoms with van der Waals surface area (Å²) in [4.78, 5) is 27.4. The average Bonchev–Trinajstić information content (AvgIpc) is 2.43. The summed E-state index contributed by atoms with van der Waals surface area (Å²) >= 11 is 0. The van der Waals surface area contributed by atoms with Gasteiger partial charge in [-0.15, -0.1) is 0 Å². The molecule has 0 saturated carbocycles. The second-order valence-corrected chi connectivity index (χ2v) is 5.77. The van der Waals surface area contributed by atoms with Crippen molar-refractivity contribution in [2.24, 2.45) is 5.92 Å². The molecule has 0 unspecified atom stereocenters. The van der Waals surface area contributed by atoms with E-state index in [0.29, 0.717) is 19.1 Å². The molecule has 6 heteroatoms. The Balaban J connectivity index is 2.52. The first kappa shape index (κ1) is 16.8. The van der Waals surface area contributed by atoms with E-state index in [2.05, 4.69) is 24.1 Å². The molecule has 0 aromatic heterocycles. The number of rotatable bonds is 5. The lowest BCUT2D eigenvalue weighted by Crippen LogP contribution is -2.56. The molecule has 20 heavy (non-hydrogen) atoms. The van der Waals surface area contributed by atoms with Gasteiger partial charge in [0.15, 0.2) is 0 Å². The van der Waals surface area contributed by atoms with Crippen molar-refractivity contribution in [1.82, 2.24) is 15.1 Å². The summed E-state index contributed by atoms with van der Waals surface area (Å²) in [5, 5.41) is 11.8. The van der Waals surface area contributed by atoms with E-state index in [-0.39, 0.29) is 11.9 Å². The Morgan fingerprint density at radius 2 is 1.70 bits per heavy atom. The Hall–Kier alpha value is -1.30. The maximum Gasteiger partial charge on any atom is 0.326 e. The lowest BCUT2D eigenvalue weighted by Gasteiger charge is -2.37. The van der Waals surface area contributed by atoms with Gasteiger partial charge < -0.3 is 15.3 Å². The lowest BCUT2D eigenvalue weighted by atomic mass is 9.99. The Bertz CT molecular complexity index is 339. The number of urea groups is 1. The summed E-state index contributed by atoms with van der Waals surface area (Å²) in [5.74, 6) is -1.04. The Morgan fingerprint density at radius 3 is 2.10 bits per heavy atom. The van der Waals surface area contributed by atoms with Crippen LogP contribution in [0.5, 0.6) is 0 Å². The fourth-order valence-electron chi connectivity index (χ4n) is 2.35. The summed E-state index contributed by atoms with van der Waals surface area (Å²) < 4.78 is 0. The van der Waals surface area contributed by atoms with Crippen LogP contribution < -0.4 is 5.32 Å². The predicted molar refractivity (Wildman–Crippen MR) is 77.7 cm³/mol. The first-order chi connectivity index (χ1) is 9.36. The fraction of sp³-hybridized carbons (Fsp3) is 0.857. The fourth-order valence-corrected chi connectivity index (χ4v) is 2.35. The monoisotopic (exact) mass is 285 g/mol. The molecule has 2 amide bonds. The Morgan fingerprint density at radius 1 is 1.15 bits per heavy atom. The Kier molecular flexibility index (Phi) is 6.26. The molecule has 0 aliphatic carbocycles. The summed E-state index contributed by atoms with van der Waals surface area (Å²) in [6.07, 6.45) is 0.721. The van der Waals surface area contributed by atoms with Gasteiger partial charge in [-0.25, -0.2) is 9.59 Å². The van der Waals surface area contributed by atoms with Gasteiger partial charge >= 0.3 is 12.0 Å². The van der Waals surface area contributed by atoms with Gasteiger partial charge in [-0.05, 0) is 19.8 Å². The van der Waals surface area contributed by atoms with Crippen LogP contribution in [0, 0.1) is 5.92 Å². The quantitative estimate of drug-likeness (QED) is 0.796. The van der Waals surface area contributed by atoms with Crippen molar-refractivity contribution in [2.45, 2.75) is 46.2 Å². The van der Waals surface area contributed by atoms with E-state index in [1.807, 2.05) is 13.8 Å². The van der Waals surface area contributed by atoms with Crippen molar-refractivity contribution in [3.63, 3.8) is 0 Å². The van der Waals surface area contributed by atoms with Crippen LogP contribution in [0.15, 0.2) is 0 Å². The topological polar surface area (TPSA) is 72.9 Å². The van der Waals surface area contributed by atoms with Crippen LogP contribution in [0.1, 0.15) is 34.1 Å². The molecule has 1 heterocycles. The third kappa shape index (κ3) is 4.37. The highest BCUT2D eigenvalue weighted by Gasteiger charge is 2.29. The number of carboxylic acids is 1. The number of piperazine rings is 1. The van der Waals surface area contributed by atoms with Gasteiger partial charge in [0.05, 0.1) is 0 Å². The van der Waals surface area contributed by atoms with Crippen LogP contribution in [-0.2, 0) is 4.79 Å². The third-order valence-electron chi connectivity index (χ3n) is 4.09. The number of hydrogen-bond donors (Lipinski definition) is 2. The SMILES string of the molecule is CC[C@H](C)[C@H](NC(=O)N1CCN(C(C)C)CC1)C(=O)O. The standard InChI is InChI=1S/C14H27N3O3/c1-5-11(4)12(13(18)19)15-14(20)17-8-6-16(7-9-17)10(2)3/h10-12H,5-9H2,1-4H3,(H,15,20)(H,18,19)/t11-,12-/m0/s1. The maximum atomic E-state index is 12.1. The second kappa shape index (κ2) is 7.47. The first-order valence-corrected chi connectivity index (χ1v) is 7.39. The minimum Gasteiger partial charge on any atom is -0.480 e. The van der Waals surface area contributed by atoms with Crippen LogP contribution in [0.3, 0.4) is 0 Å². The molecule has 0 bridgehead atoms. The molecule has 0 aromatic carbocycles. The highest BCUT2D eigenvalue weighted by atomic mass is 16.4. The number of carbonyl (C=O) groups excluding carboxylic acids is 1. The largest absolute Gasteiger partial charge is 0.480 e. The van der Waals surface area contributed by atoms with Crippen molar-refractivity contribution in [1.29, 1.82) is 0 Å². The number of nitrogens with one attached hydrogen (secondary N) is 1. The van der Waals surface area contributed by atoms with Crippen LogP contribution in [0.25, 0.3) is 0 Å². The van der Waals surface area contributed by atoms with Crippen molar-refractivity contribution in [2.75, 3.05) is 26.2 Å². The van der Waals surface area contributed by atoms with E-state index in [1.165, 1.54) is 0 Å². The van der Waals surface area contributed by atoms with Gasteiger partial charge in [0.25, 0.3) is 0 Å². The molecule has 1 aliphatic rings. The van der Waals surface area contributed by atoms with Gasteiger partial charge in [-0.3, -0.25) is 4.90 Å². The highest BCUT2D eigenvalue weighted by Crippen LogP contribution is 2.10. The number of carboxylic acid groups (broad SMARTS) is 1. The van der Waals surface area contributed by atoms with Gasteiger partial charge in [-0.1, -0.05) is 20.3 Å². The van der Waals surface area contributed by atoms with Crippen LogP contribution in [0.2, 0.25) is 0 Å². The second-order valence-electron chi connectivity index (χ2n) is 5.77. The highest BCUT2D eigenvalue weighted by molar-refractivity contribution is 5.82. The number of hydrogen-bond acceptors (Lipinski definition) is 3. The number of aliphatic carboxylic acids is 1. The van der Waals surface area contributed by atoms with E-state index >= 15 is 0 Å². The minimum absolute atomic E-state index is 0.0756. The molecule has 1 aliphatic heterocycles. The molecule has 2 atom stereocenters. The van der Waals surface area contributed by atoms with E-state index in [4.69, 9.17) is 0 Å². The normalized spacial score (nSPS) is 19.8. The third-order valence-corrected chi connectivity index (χ3v) is 4.09. The number of nitrogens with zero attached hydrogens (tertiary/aromatic N) is 2. The van der Waals surface area contributed by atoms with Crippen LogP contribution in [0.4, 0.5) is 4.79 Å². The zero-order chi connectivity index (χ0) is 15.3. The molecule has 116 valence electrons. The van der Waals surface area contributed by atoms with E-state index in [1.54, 1.807) is 4.90 Å². The van der Waals surface area contributed by atoms with Gasteiger partial charge in [0, 0.05) is 32.2 Å². The molecule has 1 rings (SSSR count). The molecular formula is C14H27N3O3. The van der Waals surface area contributed by atoms with Crippen molar-refractivity contribution in [3.8, 4) is 0 Å². The molecule has 0 aromatic rings. The van der Waals surface area contributed by atoms with Crippen molar-refractivity contribution < 1.29 is 14.7 Å². The molecule has 2 N–H and O–H groups in total. The first-order valence-electron chi connectivity index (χ1n) is 7.39. The number of amides is 2. The van der Waals surface area contributed by atoms with E-state index < -0.39 is 12.0 Å². The average molecular weight is 285 g/mol. The molecule has 0 radical (unpaired) electrons. The Labute approximate surface area is 121 Å². The predicted octanol–water partition coefficient (Wildman–Crippen LogP) is 1.22. The molecule has 1 fully saturated rings. The number of carbonyl (C=O) groups is 2. The zero-order valence-corrected chi connectivity index (χ0v) is 12.9. The molecular weight excluding hydrogens is 258 g/mol. The van der Waals surface area contributed by atoms with E-state index in [0.717, 1.165) is 19.5 Å². The van der Waals surface area contributed by atoms with Gasteiger partial charge in [0.1, 0.15) is 6.04 Å². The summed E-state index contributed by atoms with van der Waals surface area (Å²) in [5.41, 5.74) is 0. The lowest BCUT2D eigenvalue weighted by molar-refractivity contribution is -0.140. The molecule has 0 spiro atoms.